The van der Waals surface area contributed by atoms with Crippen LogP contribution in [-0.2, 0) is 10.3 Å². The van der Waals surface area contributed by atoms with Crippen molar-refractivity contribution in [3.05, 3.63) is 24.2 Å². The lowest BCUT2D eigenvalue weighted by Crippen LogP contribution is -2.43. The SMILES string of the molecule is CC1(c2ccco2)NC(=O)N(CC2CCCN2)C1=O. The van der Waals surface area contributed by atoms with Crippen LogP contribution in [0.15, 0.2) is 22.8 Å². The van der Waals surface area contributed by atoms with Gasteiger partial charge in [0.25, 0.3) is 5.91 Å². The maximum atomic E-state index is 12.5. The standard InChI is InChI=1S/C13H17N3O3/c1-13(10-5-3-7-19-10)11(17)16(12(18)15-13)8-9-4-2-6-14-9/h3,5,7,9,14H,2,4,6,8H2,1H3,(H,15,18). The third-order valence-electron chi connectivity index (χ3n) is 3.85. The molecule has 2 aliphatic rings. The second-order valence-corrected chi connectivity index (χ2v) is 5.24. The highest BCUT2D eigenvalue weighted by molar-refractivity contribution is 6.06. The number of furan rings is 1. The molecule has 2 aliphatic heterocycles. The van der Waals surface area contributed by atoms with E-state index < -0.39 is 5.54 Å². The Morgan fingerprint density at radius 3 is 3.00 bits per heavy atom. The second kappa shape index (κ2) is 4.38. The van der Waals surface area contributed by atoms with Crippen LogP contribution in [0.25, 0.3) is 0 Å². The van der Waals surface area contributed by atoms with E-state index in [1.807, 2.05) is 0 Å². The van der Waals surface area contributed by atoms with Gasteiger partial charge in [-0.15, -0.1) is 0 Å². The van der Waals surface area contributed by atoms with E-state index >= 15 is 0 Å². The molecule has 2 N–H and O–H groups in total. The number of nitrogens with zero attached hydrogens (tertiary/aromatic N) is 1. The van der Waals surface area contributed by atoms with Crippen LogP contribution in [0.4, 0.5) is 4.79 Å². The van der Waals surface area contributed by atoms with Gasteiger partial charge in [0.05, 0.1) is 6.26 Å². The van der Waals surface area contributed by atoms with Crippen molar-refractivity contribution in [2.45, 2.75) is 31.3 Å². The summed E-state index contributed by atoms with van der Waals surface area (Å²) in [6.45, 7) is 3.04. The molecule has 1 aromatic rings. The lowest BCUT2D eigenvalue weighted by molar-refractivity contribution is -0.131. The molecular formula is C13H17N3O3. The second-order valence-electron chi connectivity index (χ2n) is 5.24. The molecule has 19 heavy (non-hydrogen) atoms. The van der Waals surface area contributed by atoms with E-state index in [1.54, 1.807) is 19.1 Å². The molecule has 3 rings (SSSR count). The van der Waals surface area contributed by atoms with Gasteiger partial charge in [0.2, 0.25) is 0 Å². The van der Waals surface area contributed by atoms with E-state index in [-0.39, 0.29) is 18.0 Å². The minimum absolute atomic E-state index is 0.202. The Bertz CT molecular complexity index is 493. The fourth-order valence-electron chi connectivity index (χ4n) is 2.73. The summed E-state index contributed by atoms with van der Waals surface area (Å²) in [6.07, 6.45) is 3.58. The van der Waals surface area contributed by atoms with Crippen molar-refractivity contribution < 1.29 is 14.0 Å². The van der Waals surface area contributed by atoms with Gasteiger partial charge in [-0.05, 0) is 38.4 Å². The summed E-state index contributed by atoms with van der Waals surface area (Å²) in [4.78, 5) is 25.8. The third-order valence-corrected chi connectivity index (χ3v) is 3.85. The minimum Gasteiger partial charge on any atom is -0.466 e. The molecule has 0 radical (unpaired) electrons. The van der Waals surface area contributed by atoms with E-state index in [4.69, 9.17) is 4.42 Å². The van der Waals surface area contributed by atoms with Gasteiger partial charge in [0, 0.05) is 12.6 Å². The fourth-order valence-corrected chi connectivity index (χ4v) is 2.73. The largest absolute Gasteiger partial charge is 0.466 e. The predicted molar refractivity (Wildman–Crippen MR) is 67.3 cm³/mol. The Hall–Kier alpha value is -1.82. The van der Waals surface area contributed by atoms with Crippen LogP contribution >= 0.6 is 0 Å². The van der Waals surface area contributed by atoms with Crippen LogP contribution in [0, 0.1) is 0 Å². The molecule has 0 spiro atoms. The number of amides is 3. The third kappa shape index (κ3) is 1.92. The first-order chi connectivity index (χ1) is 9.11. The molecule has 2 saturated heterocycles. The van der Waals surface area contributed by atoms with Gasteiger partial charge >= 0.3 is 6.03 Å². The fraction of sp³-hybridized carbons (Fsp3) is 0.538. The molecule has 0 aliphatic carbocycles. The lowest BCUT2D eigenvalue weighted by atomic mass is 9.99. The number of urea groups is 1. The number of imide groups is 1. The van der Waals surface area contributed by atoms with Crippen molar-refractivity contribution in [2.24, 2.45) is 0 Å². The molecule has 102 valence electrons. The lowest BCUT2D eigenvalue weighted by Gasteiger charge is -2.20. The molecule has 6 heteroatoms. The van der Waals surface area contributed by atoms with Gasteiger partial charge in [-0.1, -0.05) is 0 Å². The van der Waals surface area contributed by atoms with Gasteiger partial charge in [-0.3, -0.25) is 9.69 Å². The van der Waals surface area contributed by atoms with Crippen LogP contribution in [-0.4, -0.2) is 36.0 Å². The van der Waals surface area contributed by atoms with E-state index in [2.05, 4.69) is 10.6 Å². The highest BCUT2D eigenvalue weighted by atomic mass is 16.3. The topological polar surface area (TPSA) is 74.6 Å². The van der Waals surface area contributed by atoms with Crippen LogP contribution in [0.2, 0.25) is 0 Å². The maximum absolute atomic E-state index is 12.5. The Kier molecular flexibility index (Phi) is 2.82. The maximum Gasteiger partial charge on any atom is 0.325 e. The van der Waals surface area contributed by atoms with Crippen molar-refractivity contribution in [3.63, 3.8) is 0 Å². The monoisotopic (exact) mass is 263 g/mol. The number of carbonyl (C=O) groups is 2. The first kappa shape index (κ1) is 12.2. The van der Waals surface area contributed by atoms with Crippen LogP contribution in [0.1, 0.15) is 25.5 Å². The van der Waals surface area contributed by atoms with Crippen molar-refractivity contribution in [2.75, 3.05) is 13.1 Å². The van der Waals surface area contributed by atoms with Crippen LogP contribution in [0.3, 0.4) is 0 Å². The minimum atomic E-state index is -1.08. The molecule has 3 heterocycles. The van der Waals surface area contributed by atoms with Gasteiger partial charge < -0.3 is 15.1 Å². The van der Waals surface area contributed by atoms with E-state index in [0.717, 1.165) is 19.4 Å². The smallest absolute Gasteiger partial charge is 0.325 e. The van der Waals surface area contributed by atoms with E-state index in [0.29, 0.717) is 12.3 Å². The number of rotatable bonds is 3. The summed E-state index contributed by atoms with van der Waals surface area (Å²) in [5.41, 5.74) is -1.08. The quantitative estimate of drug-likeness (QED) is 0.791. The molecule has 3 amide bonds. The van der Waals surface area contributed by atoms with Crippen molar-refractivity contribution >= 4 is 11.9 Å². The zero-order valence-electron chi connectivity index (χ0n) is 10.8. The van der Waals surface area contributed by atoms with E-state index in [1.165, 1.54) is 11.2 Å². The van der Waals surface area contributed by atoms with Crippen LogP contribution in [0.5, 0.6) is 0 Å². The summed E-state index contributed by atoms with van der Waals surface area (Å²) < 4.78 is 5.28. The summed E-state index contributed by atoms with van der Waals surface area (Å²) in [5.74, 6) is 0.217. The molecular weight excluding hydrogens is 246 g/mol. The Balaban J connectivity index is 1.80. The first-order valence-electron chi connectivity index (χ1n) is 6.53. The average molecular weight is 263 g/mol. The molecule has 0 aromatic carbocycles. The summed E-state index contributed by atoms with van der Waals surface area (Å²) in [5, 5.41) is 6.01. The molecule has 2 atom stereocenters. The molecule has 6 nitrogen and oxygen atoms in total. The number of nitrogens with one attached hydrogen (secondary N) is 2. The first-order valence-corrected chi connectivity index (χ1v) is 6.53. The number of carbonyl (C=O) groups excluding carboxylic acids is 2. The number of hydrogen-bond acceptors (Lipinski definition) is 4. The van der Waals surface area contributed by atoms with Crippen molar-refractivity contribution in [1.82, 2.24) is 15.5 Å². The molecule has 2 fully saturated rings. The van der Waals surface area contributed by atoms with Gasteiger partial charge in [-0.2, -0.15) is 0 Å². The van der Waals surface area contributed by atoms with Gasteiger partial charge in [0.15, 0.2) is 5.54 Å². The van der Waals surface area contributed by atoms with E-state index in [9.17, 15) is 9.59 Å². The van der Waals surface area contributed by atoms with Crippen molar-refractivity contribution in [1.29, 1.82) is 0 Å². The summed E-state index contributed by atoms with van der Waals surface area (Å²) >= 11 is 0. The predicted octanol–water partition coefficient (Wildman–Crippen LogP) is 0.799. The molecule has 0 bridgehead atoms. The van der Waals surface area contributed by atoms with Crippen molar-refractivity contribution in [3.8, 4) is 0 Å². The molecule has 0 saturated carbocycles. The average Bonchev–Trinajstić information content (AvgIpc) is 3.09. The summed E-state index contributed by atoms with van der Waals surface area (Å²) in [7, 11) is 0. The summed E-state index contributed by atoms with van der Waals surface area (Å²) in [6, 6.07) is 3.27. The zero-order valence-corrected chi connectivity index (χ0v) is 10.8. The Morgan fingerprint density at radius 2 is 2.37 bits per heavy atom. The highest BCUT2D eigenvalue weighted by Gasteiger charge is 2.51. The molecule has 1 aromatic heterocycles. The highest BCUT2D eigenvalue weighted by Crippen LogP contribution is 2.29. The zero-order chi connectivity index (χ0) is 13.5. The Labute approximate surface area is 111 Å². The van der Waals surface area contributed by atoms with Gasteiger partial charge in [-0.25, -0.2) is 4.79 Å². The molecule has 2 unspecified atom stereocenters. The normalized spacial score (nSPS) is 31.0. The van der Waals surface area contributed by atoms with Gasteiger partial charge in [0.1, 0.15) is 5.76 Å². The van der Waals surface area contributed by atoms with Crippen LogP contribution < -0.4 is 10.6 Å². The Morgan fingerprint density at radius 1 is 1.53 bits per heavy atom. The number of hydrogen-bond donors (Lipinski definition) is 2.